The van der Waals surface area contributed by atoms with Crippen molar-refractivity contribution in [1.82, 2.24) is 0 Å². The van der Waals surface area contributed by atoms with E-state index in [1.54, 1.807) is 0 Å². The number of hydrogen-bond donors (Lipinski definition) is 1. The minimum Gasteiger partial charge on any atom is -0.369 e. The number of primary amides is 1. The lowest BCUT2D eigenvalue weighted by molar-refractivity contribution is -0.126. The molecule has 0 aliphatic rings. The summed E-state index contributed by atoms with van der Waals surface area (Å²) in [7, 11) is 0. The van der Waals surface area contributed by atoms with Crippen LogP contribution in [0.3, 0.4) is 0 Å². The maximum atomic E-state index is 10.8. The van der Waals surface area contributed by atoms with Gasteiger partial charge in [0.2, 0.25) is 5.91 Å². The van der Waals surface area contributed by atoms with E-state index in [0.29, 0.717) is 0 Å². The number of nitrogens with two attached hydrogens (primary N) is 1. The molecule has 10 heavy (non-hydrogen) atoms. The number of carbonyl (C=O) groups is 1. The Morgan fingerprint density at radius 3 is 1.90 bits per heavy atom. The van der Waals surface area contributed by atoms with Gasteiger partial charge in [0.25, 0.3) is 0 Å². The predicted octanol–water partition coefficient (Wildman–Crippen LogP) is 1.50. The van der Waals surface area contributed by atoms with Gasteiger partial charge in [-0.3, -0.25) is 4.79 Å². The van der Waals surface area contributed by atoms with Gasteiger partial charge < -0.3 is 5.73 Å². The SMILES string of the molecule is C[C](C)CC(C)(C)C(N)=O. The predicted molar refractivity (Wildman–Crippen MR) is 42.2 cm³/mol. The van der Waals surface area contributed by atoms with Crippen molar-refractivity contribution >= 4 is 5.91 Å². The van der Waals surface area contributed by atoms with Crippen LogP contribution in [-0.2, 0) is 4.79 Å². The van der Waals surface area contributed by atoms with Gasteiger partial charge in [0.1, 0.15) is 0 Å². The first-order chi connectivity index (χ1) is 4.36. The molecule has 0 atom stereocenters. The normalized spacial score (nSPS) is 12.1. The maximum absolute atomic E-state index is 10.8. The molecule has 1 amide bonds. The van der Waals surface area contributed by atoms with Crippen LogP contribution in [0, 0.1) is 11.3 Å². The van der Waals surface area contributed by atoms with E-state index in [9.17, 15) is 4.79 Å². The van der Waals surface area contributed by atoms with Gasteiger partial charge in [0, 0.05) is 5.41 Å². The van der Waals surface area contributed by atoms with E-state index in [-0.39, 0.29) is 11.3 Å². The van der Waals surface area contributed by atoms with Crippen molar-refractivity contribution < 1.29 is 4.79 Å². The lowest BCUT2D eigenvalue weighted by atomic mass is 9.83. The van der Waals surface area contributed by atoms with Crippen LogP contribution in [0.2, 0.25) is 0 Å². The molecule has 2 N–H and O–H groups in total. The van der Waals surface area contributed by atoms with Gasteiger partial charge >= 0.3 is 0 Å². The van der Waals surface area contributed by atoms with E-state index in [1.807, 2.05) is 27.7 Å². The molecule has 0 heterocycles. The maximum Gasteiger partial charge on any atom is 0.223 e. The first-order valence-electron chi connectivity index (χ1n) is 3.45. The van der Waals surface area contributed by atoms with Gasteiger partial charge in [0.05, 0.1) is 0 Å². The standard InChI is InChI=1S/C8H16NO/c1-6(2)5-8(3,4)7(9)10/h5H2,1-4H3,(H2,9,10). The first-order valence-corrected chi connectivity index (χ1v) is 3.45. The minimum atomic E-state index is -0.376. The van der Waals surface area contributed by atoms with Gasteiger partial charge in [-0.1, -0.05) is 27.7 Å². The Bertz CT molecular complexity index is 127. The quantitative estimate of drug-likeness (QED) is 0.637. The second kappa shape index (κ2) is 3.04. The Hall–Kier alpha value is -0.530. The van der Waals surface area contributed by atoms with Crippen molar-refractivity contribution in [3.8, 4) is 0 Å². The summed E-state index contributed by atoms with van der Waals surface area (Å²) < 4.78 is 0. The van der Waals surface area contributed by atoms with Crippen molar-refractivity contribution in [3.05, 3.63) is 5.92 Å². The van der Waals surface area contributed by atoms with Crippen LogP contribution < -0.4 is 5.73 Å². The highest BCUT2D eigenvalue weighted by Crippen LogP contribution is 2.25. The number of carbonyl (C=O) groups excluding carboxylic acids is 1. The molecule has 0 spiro atoms. The molecule has 0 rings (SSSR count). The molecule has 0 unspecified atom stereocenters. The minimum absolute atomic E-state index is 0.228. The Morgan fingerprint density at radius 1 is 1.40 bits per heavy atom. The molecule has 0 bridgehead atoms. The smallest absolute Gasteiger partial charge is 0.223 e. The average Bonchev–Trinajstić information content (AvgIpc) is 1.60. The fourth-order valence-corrected chi connectivity index (χ4v) is 0.971. The fraction of sp³-hybridized carbons (Fsp3) is 0.750. The van der Waals surface area contributed by atoms with Crippen molar-refractivity contribution in [1.29, 1.82) is 0 Å². The second-order valence-electron chi connectivity index (χ2n) is 3.63. The highest BCUT2D eigenvalue weighted by molar-refractivity contribution is 5.80. The first kappa shape index (κ1) is 9.47. The molecule has 0 aromatic rings. The monoisotopic (exact) mass is 142 g/mol. The molecule has 0 aromatic carbocycles. The van der Waals surface area contributed by atoms with E-state index in [4.69, 9.17) is 5.73 Å². The third-order valence-corrected chi connectivity index (χ3v) is 1.46. The van der Waals surface area contributed by atoms with Gasteiger partial charge in [-0.2, -0.15) is 0 Å². The van der Waals surface area contributed by atoms with Crippen LogP contribution in [0.4, 0.5) is 0 Å². The molecular formula is C8H16NO. The second-order valence-corrected chi connectivity index (χ2v) is 3.63. The molecule has 59 valence electrons. The number of hydrogen-bond acceptors (Lipinski definition) is 1. The molecule has 0 saturated carbocycles. The third-order valence-electron chi connectivity index (χ3n) is 1.46. The lowest BCUT2D eigenvalue weighted by Gasteiger charge is -2.21. The summed E-state index contributed by atoms with van der Waals surface area (Å²) >= 11 is 0. The summed E-state index contributed by atoms with van der Waals surface area (Å²) in [5, 5.41) is 0. The Morgan fingerprint density at radius 2 is 1.80 bits per heavy atom. The summed E-state index contributed by atoms with van der Waals surface area (Å²) in [5.74, 6) is 1.01. The van der Waals surface area contributed by atoms with E-state index in [2.05, 4.69) is 0 Å². The zero-order chi connectivity index (χ0) is 8.36. The topological polar surface area (TPSA) is 43.1 Å². The van der Waals surface area contributed by atoms with Crippen molar-refractivity contribution in [3.63, 3.8) is 0 Å². The van der Waals surface area contributed by atoms with Crippen molar-refractivity contribution in [2.75, 3.05) is 0 Å². The van der Waals surface area contributed by atoms with Crippen molar-refractivity contribution in [2.24, 2.45) is 11.1 Å². The molecule has 0 fully saturated rings. The summed E-state index contributed by atoms with van der Waals surface area (Å²) in [6.07, 6.45) is 0.780. The Kier molecular flexibility index (Phi) is 2.88. The number of amides is 1. The molecule has 0 aliphatic carbocycles. The molecule has 0 aliphatic heterocycles. The summed E-state index contributed by atoms with van der Waals surface area (Å²) in [6.45, 7) is 7.74. The van der Waals surface area contributed by atoms with Crippen LogP contribution >= 0.6 is 0 Å². The van der Waals surface area contributed by atoms with Gasteiger partial charge in [0.15, 0.2) is 0 Å². The molecule has 2 heteroatoms. The van der Waals surface area contributed by atoms with E-state index in [0.717, 1.165) is 6.42 Å². The molecule has 1 radical (unpaired) electrons. The summed E-state index contributed by atoms with van der Waals surface area (Å²) in [6, 6.07) is 0. The Balaban J connectivity index is 4.00. The van der Waals surface area contributed by atoms with E-state index in [1.165, 1.54) is 5.92 Å². The lowest BCUT2D eigenvalue weighted by Crippen LogP contribution is -2.32. The highest BCUT2D eigenvalue weighted by atomic mass is 16.1. The molecule has 0 saturated heterocycles. The number of rotatable bonds is 3. The van der Waals surface area contributed by atoms with Crippen LogP contribution in [0.5, 0.6) is 0 Å². The fourth-order valence-electron chi connectivity index (χ4n) is 0.971. The molecular weight excluding hydrogens is 126 g/mol. The van der Waals surface area contributed by atoms with Crippen LogP contribution in [0.1, 0.15) is 34.1 Å². The summed E-state index contributed by atoms with van der Waals surface area (Å²) in [4.78, 5) is 10.8. The zero-order valence-corrected chi connectivity index (χ0v) is 7.19. The van der Waals surface area contributed by atoms with Crippen LogP contribution in [0.25, 0.3) is 0 Å². The van der Waals surface area contributed by atoms with Crippen LogP contribution in [-0.4, -0.2) is 5.91 Å². The summed E-state index contributed by atoms with van der Waals surface area (Å²) in [5.41, 5.74) is 4.79. The van der Waals surface area contributed by atoms with E-state index >= 15 is 0 Å². The van der Waals surface area contributed by atoms with E-state index < -0.39 is 0 Å². The van der Waals surface area contributed by atoms with Gasteiger partial charge in [-0.15, -0.1) is 0 Å². The zero-order valence-electron chi connectivity index (χ0n) is 7.19. The molecule has 0 aromatic heterocycles. The van der Waals surface area contributed by atoms with Crippen molar-refractivity contribution in [2.45, 2.75) is 34.1 Å². The van der Waals surface area contributed by atoms with Gasteiger partial charge in [-0.25, -0.2) is 0 Å². The largest absolute Gasteiger partial charge is 0.369 e. The van der Waals surface area contributed by atoms with Gasteiger partial charge in [-0.05, 0) is 12.3 Å². The molecule has 2 nitrogen and oxygen atoms in total. The average molecular weight is 142 g/mol. The Labute approximate surface area is 62.8 Å². The van der Waals surface area contributed by atoms with Crippen LogP contribution in [0.15, 0.2) is 0 Å². The third kappa shape index (κ3) is 2.85. The highest BCUT2D eigenvalue weighted by Gasteiger charge is 2.25.